The fraction of sp³-hybridized carbons (Fsp3) is 0.333. The molecule has 0 N–H and O–H groups in total. The third-order valence-corrected chi connectivity index (χ3v) is 2.12. The Morgan fingerprint density at radius 3 is 2.50 bits per heavy atom. The van der Waals surface area contributed by atoms with Crippen molar-refractivity contribution in [1.82, 2.24) is 20.6 Å². The highest BCUT2D eigenvalue weighted by Gasteiger charge is 2.37. The van der Waals surface area contributed by atoms with Crippen LogP contribution in [-0.4, -0.2) is 43.2 Å². The standard InChI is InChI=1S/C6H4FN7O6/c7-12(2-4(13(15)16)14(17)18)6-5(10-20-11-6)3-1-8-19-9-3/h1,4H,2H2. The highest BCUT2D eigenvalue weighted by atomic mass is 19.2. The summed E-state index contributed by atoms with van der Waals surface area (Å²) in [7, 11) is 0. The Balaban J connectivity index is 2.22. The molecule has 0 aromatic carbocycles. The number of nitro groups is 2. The quantitative estimate of drug-likeness (QED) is 0.296. The monoisotopic (exact) mass is 289 g/mol. The molecule has 2 aromatic heterocycles. The minimum Gasteiger partial charge on any atom is -0.258 e. The second kappa shape index (κ2) is 5.21. The van der Waals surface area contributed by atoms with Gasteiger partial charge in [-0.15, -0.1) is 0 Å². The molecule has 0 saturated heterocycles. The lowest BCUT2D eigenvalue weighted by atomic mass is 10.3. The molecule has 0 spiro atoms. The Morgan fingerprint density at radius 2 is 1.95 bits per heavy atom. The second-order valence-electron chi connectivity index (χ2n) is 3.33. The van der Waals surface area contributed by atoms with Crippen molar-refractivity contribution in [2.45, 2.75) is 6.17 Å². The predicted molar refractivity (Wildman–Crippen MR) is 53.8 cm³/mol. The van der Waals surface area contributed by atoms with E-state index in [2.05, 4.69) is 29.9 Å². The first kappa shape index (κ1) is 13.2. The predicted octanol–water partition coefficient (Wildman–Crippen LogP) is -0.310. The smallest absolute Gasteiger partial charge is 0.258 e. The molecule has 0 radical (unpaired) electrons. The molecule has 2 rings (SSSR count). The molecule has 106 valence electrons. The number of hydrogen-bond acceptors (Lipinski definition) is 11. The maximum atomic E-state index is 13.8. The highest BCUT2D eigenvalue weighted by Crippen LogP contribution is 2.25. The van der Waals surface area contributed by atoms with Gasteiger partial charge in [0.1, 0.15) is 6.20 Å². The number of aromatic nitrogens is 4. The van der Waals surface area contributed by atoms with E-state index in [0.717, 1.165) is 6.20 Å². The van der Waals surface area contributed by atoms with E-state index in [1.807, 2.05) is 0 Å². The van der Waals surface area contributed by atoms with Gasteiger partial charge < -0.3 is 0 Å². The summed E-state index contributed by atoms with van der Waals surface area (Å²) >= 11 is 0. The first-order valence-electron chi connectivity index (χ1n) is 4.81. The van der Waals surface area contributed by atoms with Gasteiger partial charge in [0.05, 0.1) is 9.85 Å². The van der Waals surface area contributed by atoms with Crippen LogP contribution in [0.3, 0.4) is 0 Å². The van der Waals surface area contributed by atoms with Crippen molar-refractivity contribution in [1.29, 1.82) is 0 Å². The Morgan fingerprint density at radius 1 is 1.25 bits per heavy atom. The summed E-state index contributed by atoms with van der Waals surface area (Å²) in [6.45, 7) is -1.19. The molecule has 0 aliphatic heterocycles. The maximum absolute atomic E-state index is 13.8. The molecular formula is C6H4FN7O6. The van der Waals surface area contributed by atoms with Crippen LogP contribution < -0.4 is 5.12 Å². The van der Waals surface area contributed by atoms with Crippen molar-refractivity contribution >= 4 is 5.82 Å². The van der Waals surface area contributed by atoms with Crippen molar-refractivity contribution in [3.8, 4) is 11.4 Å². The zero-order valence-electron chi connectivity index (χ0n) is 9.32. The SMILES string of the molecule is O=[N+]([O-])C(CN(F)c1nonc1-c1cnon1)[N+](=O)[O-]. The molecule has 0 saturated carbocycles. The second-order valence-corrected chi connectivity index (χ2v) is 3.33. The molecule has 0 fully saturated rings. The Kier molecular flexibility index (Phi) is 3.45. The number of nitrogens with zero attached hydrogens (tertiary/aromatic N) is 7. The maximum Gasteiger partial charge on any atom is 0.470 e. The fourth-order valence-electron chi connectivity index (χ4n) is 1.21. The van der Waals surface area contributed by atoms with Gasteiger partial charge in [-0.05, 0) is 15.5 Å². The van der Waals surface area contributed by atoms with E-state index in [-0.39, 0.29) is 16.5 Å². The Labute approximate surface area is 107 Å². The summed E-state index contributed by atoms with van der Waals surface area (Å²) in [4.78, 5) is 18.4. The van der Waals surface area contributed by atoms with E-state index >= 15 is 0 Å². The van der Waals surface area contributed by atoms with Crippen LogP contribution in [-0.2, 0) is 0 Å². The molecule has 14 heteroatoms. The summed E-state index contributed by atoms with van der Waals surface area (Å²) in [5.41, 5.74) is -0.318. The van der Waals surface area contributed by atoms with E-state index in [1.54, 1.807) is 0 Å². The van der Waals surface area contributed by atoms with Crippen LogP contribution in [0.4, 0.5) is 10.3 Å². The Bertz CT molecular complexity index is 599. The summed E-state index contributed by atoms with van der Waals surface area (Å²) in [5, 5.41) is 33.6. The van der Waals surface area contributed by atoms with Gasteiger partial charge in [-0.1, -0.05) is 9.64 Å². The molecule has 0 bridgehead atoms. The van der Waals surface area contributed by atoms with Crippen molar-refractivity contribution < 1.29 is 23.6 Å². The third kappa shape index (κ3) is 2.47. The zero-order chi connectivity index (χ0) is 14.7. The average molecular weight is 289 g/mol. The average Bonchev–Trinajstić information content (AvgIpc) is 3.03. The summed E-state index contributed by atoms with van der Waals surface area (Å²) in [5.74, 6) is -0.616. The van der Waals surface area contributed by atoms with Crippen molar-refractivity contribution in [2.24, 2.45) is 0 Å². The van der Waals surface area contributed by atoms with Gasteiger partial charge in [-0.3, -0.25) is 20.2 Å². The lowest BCUT2D eigenvalue weighted by Crippen LogP contribution is -2.38. The van der Waals surface area contributed by atoms with Crippen LogP contribution in [0.25, 0.3) is 11.4 Å². The number of rotatable bonds is 6. The van der Waals surface area contributed by atoms with Crippen LogP contribution >= 0.6 is 0 Å². The van der Waals surface area contributed by atoms with Crippen LogP contribution in [0.2, 0.25) is 0 Å². The van der Waals surface area contributed by atoms with Gasteiger partial charge >= 0.3 is 6.17 Å². The summed E-state index contributed by atoms with van der Waals surface area (Å²) < 4.78 is 22.3. The molecule has 13 nitrogen and oxygen atoms in total. The van der Waals surface area contributed by atoms with Gasteiger partial charge in [0.15, 0.2) is 17.9 Å². The van der Waals surface area contributed by atoms with Crippen molar-refractivity contribution in [3.05, 3.63) is 26.4 Å². The van der Waals surface area contributed by atoms with E-state index in [9.17, 15) is 24.7 Å². The lowest BCUT2D eigenvalue weighted by Gasteiger charge is -2.09. The van der Waals surface area contributed by atoms with Gasteiger partial charge in [0.25, 0.3) is 0 Å². The van der Waals surface area contributed by atoms with Crippen LogP contribution in [0.1, 0.15) is 0 Å². The van der Waals surface area contributed by atoms with Crippen molar-refractivity contribution in [2.75, 3.05) is 11.7 Å². The van der Waals surface area contributed by atoms with Crippen LogP contribution in [0.15, 0.2) is 15.5 Å². The fourth-order valence-corrected chi connectivity index (χ4v) is 1.21. The first-order chi connectivity index (χ1) is 9.50. The molecule has 0 aliphatic carbocycles. The van der Waals surface area contributed by atoms with Gasteiger partial charge in [0.2, 0.25) is 5.82 Å². The summed E-state index contributed by atoms with van der Waals surface area (Å²) in [6, 6.07) is 0. The number of hydrogen-bond donors (Lipinski definition) is 0. The van der Waals surface area contributed by atoms with Crippen molar-refractivity contribution in [3.63, 3.8) is 0 Å². The summed E-state index contributed by atoms with van der Waals surface area (Å²) in [6.07, 6.45) is -1.31. The van der Waals surface area contributed by atoms with E-state index in [1.165, 1.54) is 0 Å². The molecule has 0 amide bonds. The molecule has 0 aliphatic rings. The lowest BCUT2D eigenvalue weighted by molar-refractivity contribution is -0.739. The minimum atomic E-state index is -2.38. The highest BCUT2D eigenvalue weighted by molar-refractivity contribution is 5.66. The number of anilines is 1. The van der Waals surface area contributed by atoms with Gasteiger partial charge in [-0.2, -0.15) is 5.12 Å². The van der Waals surface area contributed by atoms with E-state index < -0.39 is 28.4 Å². The molecule has 2 heterocycles. The molecular weight excluding hydrogens is 285 g/mol. The molecule has 20 heavy (non-hydrogen) atoms. The normalized spacial score (nSPS) is 10.7. The topological polar surface area (TPSA) is 167 Å². The minimum absolute atomic E-state index is 0.0531. The van der Waals surface area contributed by atoms with Crippen LogP contribution in [0, 0.1) is 20.2 Å². The Hall–Kier alpha value is -3.19. The molecule has 0 unspecified atom stereocenters. The zero-order valence-corrected chi connectivity index (χ0v) is 9.32. The molecule has 0 atom stereocenters. The molecule has 2 aromatic rings. The van der Waals surface area contributed by atoms with E-state index in [0.29, 0.717) is 0 Å². The number of halogens is 1. The largest absolute Gasteiger partial charge is 0.470 e. The van der Waals surface area contributed by atoms with Crippen LogP contribution in [0.5, 0.6) is 0 Å². The van der Waals surface area contributed by atoms with Gasteiger partial charge in [0, 0.05) is 0 Å². The van der Waals surface area contributed by atoms with Gasteiger partial charge in [-0.25, -0.2) is 9.26 Å². The van der Waals surface area contributed by atoms with E-state index in [4.69, 9.17) is 0 Å². The third-order valence-electron chi connectivity index (χ3n) is 2.12. The first-order valence-corrected chi connectivity index (χ1v) is 4.81.